The van der Waals surface area contributed by atoms with Crippen molar-refractivity contribution in [3.8, 4) is 11.5 Å². The van der Waals surface area contributed by atoms with Crippen LogP contribution in [0.1, 0.15) is 29.6 Å². The van der Waals surface area contributed by atoms with E-state index in [2.05, 4.69) is 0 Å². The summed E-state index contributed by atoms with van der Waals surface area (Å²) in [6.45, 7) is 1.02. The zero-order valence-corrected chi connectivity index (χ0v) is 11.0. The van der Waals surface area contributed by atoms with Crippen LogP contribution in [0.15, 0.2) is 18.2 Å². The topological polar surface area (TPSA) is 98.1 Å². The second-order valence-electron chi connectivity index (χ2n) is 5.04. The van der Waals surface area contributed by atoms with Crippen molar-refractivity contribution in [2.24, 2.45) is 5.92 Å². The Kier molecular flexibility index (Phi) is 4.12. The van der Waals surface area contributed by atoms with Crippen LogP contribution in [0.5, 0.6) is 11.5 Å². The van der Waals surface area contributed by atoms with E-state index in [1.807, 2.05) is 0 Å². The molecule has 2 rings (SSSR count). The van der Waals surface area contributed by atoms with Gasteiger partial charge in [-0.05, 0) is 37.0 Å². The number of carbonyl (C=O) groups excluding carboxylic acids is 1. The van der Waals surface area contributed by atoms with E-state index in [1.165, 1.54) is 18.2 Å². The van der Waals surface area contributed by atoms with Crippen molar-refractivity contribution in [1.82, 2.24) is 4.90 Å². The van der Waals surface area contributed by atoms with Gasteiger partial charge in [-0.3, -0.25) is 9.59 Å². The van der Waals surface area contributed by atoms with Gasteiger partial charge in [0.15, 0.2) is 11.5 Å². The number of benzene rings is 1. The Hall–Kier alpha value is -2.24. The van der Waals surface area contributed by atoms with Crippen LogP contribution in [0.3, 0.4) is 0 Å². The fourth-order valence-electron chi connectivity index (χ4n) is 2.43. The average molecular weight is 279 g/mol. The standard InChI is InChI=1S/C14H17NO5/c16-11-2-1-10(8-12(11)17)14(20)15-5-3-9(4-6-15)7-13(18)19/h1-2,8-9,16-17H,3-7H2,(H,18,19). The summed E-state index contributed by atoms with van der Waals surface area (Å²) in [4.78, 5) is 24.5. The Morgan fingerprint density at radius 1 is 1.15 bits per heavy atom. The van der Waals surface area contributed by atoms with Gasteiger partial charge in [0.2, 0.25) is 0 Å². The third kappa shape index (κ3) is 3.20. The molecule has 1 fully saturated rings. The quantitative estimate of drug-likeness (QED) is 0.727. The molecule has 0 aromatic heterocycles. The van der Waals surface area contributed by atoms with Crippen LogP contribution in [0, 0.1) is 5.92 Å². The number of carboxylic acid groups (broad SMARTS) is 1. The summed E-state index contributed by atoms with van der Waals surface area (Å²) < 4.78 is 0. The third-order valence-electron chi connectivity index (χ3n) is 3.59. The minimum absolute atomic E-state index is 0.116. The van der Waals surface area contributed by atoms with Gasteiger partial charge in [0.1, 0.15) is 0 Å². The maximum absolute atomic E-state index is 12.2. The molecule has 20 heavy (non-hydrogen) atoms. The molecule has 0 saturated carbocycles. The molecule has 0 radical (unpaired) electrons. The highest BCUT2D eigenvalue weighted by molar-refractivity contribution is 5.95. The second kappa shape index (κ2) is 5.81. The van der Waals surface area contributed by atoms with Crippen molar-refractivity contribution in [3.63, 3.8) is 0 Å². The zero-order valence-electron chi connectivity index (χ0n) is 11.0. The van der Waals surface area contributed by atoms with Crippen LogP contribution in [-0.2, 0) is 4.79 Å². The Labute approximate surface area is 116 Å². The molecule has 1 aromatic carbocycles. The molecule has 6 heteroatoms. The minimum Gasteiger partial charge on any atom is -0.504 e. The van der Waals surface area contributed by atoms with E-state index in [0.29, 0.717) is 31.5 Å². The lowest BCUT2D eigenvalue weighted by Crippen LogP contribution is -2.38. The Morgan fingerprint density at radius 2 is 1.80 bits per heavy atom. The number of nitrogens with zero attached hydrogens (tertiary/aromatic N) is 1. The van der Waals surface area contributed by atoms with E-state index in [9.17, 15) is 19.8 Å². The molecule has 0 unspecified atom stereocenters. The summed E-state index contributed by atoms with van der Waals surface area (Å²) in [6.07, 6.45) is 1.48. The second-order valence-corrected chi connectivity index (χ2v) is 5.04. The largest absolute Gasteiger partial charge is 0.504 e. The molecular weight excluding hydrogens is 262 g/mol. The lowest BCUT2D eigenvalue weighted by atomic mass is 9.93. The summed E-state index contributed by atoms with van der Waals surface area (Å²) in [5.41, 5.74) is 0.317. The van der Waals surface area contributed by atoms with Gasteiger partial charge in [0, 0.05) is 25.1 Å². The number of aliphatic carboxylic acids is 1. The van der Waals surface area contributed by atoms with Gasteiger partial charge in [-0.15, -0.1) is 0 Å². The van der Waals surface area contributed by atoms with E-state index >= 15 is 0 Å². The number of aromatic hydroxyl groups is 2. The first kappa shape index (κ1) is 14.2. The predicted molar refractivity (Wildman–Crippen MR) is 70.7 cm³/mol. The zero-order chi connectivity index (χ0) is 14.7. The van der Waals surface area contributed by atoms with Gasteiger partial charge in [0.25, 0.3) is 5.91 Å². The molecule has 0 aliphatic carbocycles. The van der Waals surface area contributed by atoms with Crippen molar-refractivity contribution in [2.45, 2.75) is 19.3 Å². The summed E-state index contributed by atoms with van der Waals surface area (Å²) in [6, 6.07) is 3.97. The molecule has 1 aromatic rings. The summed E-state index contributed by atoms with van der Waals surface area (Å²) in [5.74, 6) is -1.49. The van der Waals surface area contributed by atoms with Gasteiger partial charge < -0.3 is 20.2 Å². The summed E-state index contributed by atoms with van der Waals surface area (Å²) in [7, 11) is 0. The number of phenols is 2. The number of likely N-dealkylation sites (tertiary alicyclic amines) is 1. The predicted octanol–water partition coefficient (Wildman–Crippen LogP) is 1.42. The third-order valence-corrected chi connectivity index (χ3v) is 3.59. The smallest absolute Gasteiger partial charge is 0.303 e. The Morgan fingerprint density at radius 3 is 2.35 bits per heavy atom. The van der Waals surface area contributed by atoms with Crippen molar-refractivity contribution < 1.29 is 24.9 Å². The first-order valence-corrected chi connectivity index (χ1v) is 6.50. The molecule has 108 valence electrons. The summed E-state index contributed by atoms with van der Waals surface area (Å²) >= 11 is 0. The first-order valence-electron chi connectivity index (χ1n) is 6.50. The molecule has 6 nitrogen and oxygen atoms in total. The van der Waals surface area contributed by atoms with Gasteiger partial charge in [-0.1, -0.05) is 0 Å². The van der Waals surface area contributed by atoms with E-state index in [1.54, 1.807) is 4.90 Å². The highest BCUT2D eigenvalue weighted by Crippen LogP contribution is 2.27. The van der Waals surface area contributed by atoms with E-state index in [4.69, 9.17) is 5.11 Å². The van der Waals surface area contributed by atoms with Crippen LogP contribution in [0.4, 0.5) is 0 Å². The molecule has 0 bridgehead atoms. The lowest BCUT2D eigenvalue weighted by Gasteiger charge is -2.31. The van der Waals surface area contributed by atoms with Gasteiger partial charge >= 0.3 is 5.97 Å². The number of phenolic OH excluding ortho intramolecular Hbond substituents is 2. The van der Waals surface area contributed by atoms with Crippen molar-refractivity contribution in [2.75, 3.05) is 13.1 Å². The maximum Gasteiger partial charge on any atom is 0.303 e. The van der Waals surface area contributed by atoms with Crippen LogP contribution in [0.2, 0.25) is 0 Å². The Balaban J connectivity index is 1.97. The molecule has 1 aliphatic rings. The fraction of sp³-hybridized carbons (Fsp3) is 0.429. The molecule has 1 saturated heterocycles. The summed E-state index contributed by atoms with van der Waals surface area (Å²) in [5, 5.41) is 27.4. The SMILES string of the molecule is O=C(O)CC1CCN(C(=O)c2ccc(O)c(O)c2)CC1. The van der Waals surface area contributed by atoms with E-state index < -0.39 is 5.97 Å². The first-order chi connectivity index (χ1) is 9.47. The Bertz CT molecular complexity index is 520. The molecule has 3 N–H and O–H groups in total. The van der Waals surface area contributed by atoms with E-state index in [0.717, 1.165) is 0 Å². The van der Waals surface area contributed by atoms with Crippen molar-refractivity contribution >= 4 is 11.9 Å². The molecule has 1 heterocycles. The van der Waals surface area contributed by atoms with Crippen LogP contribution in [0.25, 0.3) is 0 Å². The molecule has 1 aliphatic heterocycles. The van der Waals surface area contributed by atoms with Crippen molar-refractivity contribution in [1.29, 1.82) is 0 Å². The van der Waals surface area contributed by atoms with Gasteiger partial charge in [-0.2, -0.15) is 0 Å². The average Bonchev–Trinajstić information content (AvgIpc) is 2.41. The molecule has 0 spiro atoms. The van der Waals surface area contributed by atoms with Crippen LogP contribution in [-0.4, -0.2) is 45.2 Å². The molecule has 1 amide bonds. The van der Waals surface area contributed by atoms with Crippen molar-refractivity contribution in [3.05, 3.63) is 23.8 Å². The number of rotatable bonds is 3. The van der Waals surface area contributed by atoms with Gasteiger partial charge in [0.05, 0.1) is 0 Å². The number of hydrogen-bond acceptors (Lipinski definition) is 4. The van der Waals surface area contributed by atoms with Crippen LogP contribution < -0.4 is 0 Å². The fourth-order valence-corrected chi connectivity index (χ4v) is 2.43. The highest BCUT2D eigenvalue weighted by atomic mass is 16.4. The lowest BCUT2D eigenvalue weighted by molar-refractivity contribution is -0.138. The normalized spacial score (nSPS) is 16.1. The van der Waals surface area contributed by atoms with Gasteiger partial charge in [-0.25, -0.2) is 0 Å². The highest BCUT2D eigenvalue weighted by Gasteiger charge is 2.25. The van der Waals surface area contributed by atoms with E-state index in [-0.39, 0.29) is 29.7 Å². The van der Waals surface area contributed by atoms with Crippen LogP contribution >= 0.6 is 0 Å². The monoisotopic (exact) mass is 279 g/mol. The molecule has 0 atom stereocenters. The number of carbonyl (C=O) groups is 2. The molecular formula is C14H17NO5. The number of hydrogen-bond donors (Lipinski definition) is 3. The minimum atomic E-state index is -0.807. The number of amides is 1. The number of piperidine rings is 1. The maximum atomic E-state index is 12.2. The number of carboxylic acids is 1.